The third-order valence-corrected chi connectivity index (χ3v) is 6.22. The molecule has 4 aromatic carbocycles. The first-order valence-corrected chi connectivity index (χ1v) is 11.1. The summed E-state index contributed by atoms with van der Waals surface area (Å²) in [4.78, 5) is 0. The number of fused-ring (bicyclic) bond motifs is 1. The fraction of sp³-hybridized carbons (Fsp3) is 0.103. The minimum Gasteiger partial charge on any atom is -0.455 e. The van der Waals surface area contributed by atoms with Crippen molar-refractivity contribution in [1.29, 1.82) is 10.5 Å². The largest absolute Gasteiger partial charge is 0.455 e. The predicted octanol–water partition coefficient (Wildman–Crippen LogP) is 6.28. The zero-order valence-corrected chi connectivity index (χ0v) is 19.3. The molecular formula is C29H21N5O. The van der Waals surface area contributed by atoms with Crippen LogP contribution < -0.4 is 4.74 Å². The van der Waals surface area contributed by atoms with Crippen molar-refractivity contribution in [3.8, 4) is 29.3 Å². The van der Waals surface area contributed by atoms with E-state index in [0.717, 1.165) is 11.1 Å². The number of benzene rings is 4. The SMILES string of the molecule is CC(C)(c1ccccc1)c1ccc(Oc2cc(C#N)c(C#N)cc2-n2nnc3ccccc32)cc1. The maximum absolute atomic E-state index is 9.58. The number of aromatic nitrogens is 3. The van der Waals surface area contributed by atoms with Crippen molar-refractivity contribution < 1.29 is 4.74 Å². The average Bonchev–Trinajstić information content (AvgIpc) is 3.33. The van der Waals surface area contributed by atoms with Crippen LogP contribution in [0.1, 0.15) is 36.1 Å². The topological polar surface area (TPSA) is 87.5 Å². The lowest BCUT2D eigenvalue weighted by Gasteiger charge is -2.26. The molecule has 0 aliphatic heterocycles. The van der Waals surface area contributed by atoms with Crippen LogP contribution in [0.2, 0.25) is 0 Å². The summed E-state index contributed by atoms with van der Waals surface area (Å²) in [5, 5.41) is 27.6. The van der Waals surface area contributed by atoms with Crippen LogP contribution >= 0.6 is 0 Å². The highest BCUT2D eigenvalue weighted by atomic mass is 16.5. The molecule has 0 amide bonds. The molecule has 0 fully saturated rings. The minimum atomic E-state index is -0.174. The summed E-state index contributed by atoms with van der Waals surface area (Å²) in [6.45, 7) is 4.37. The van der Waals surface area contributed by atoms with E-state index >= 15 is 0 Å². The number of ether oxygens (including phenoxy) is 1. The molecule has 0 N–H and O–H groups in total. The van der Waals surface area contributed by atoms with E-state index in [9.17, 15) is 10.5 Å². The van der Waals surface area contributed by atoms with Gasteiger partial charge in [-0.05, 0) is 41.5 Å². The Labute approximate surface area is 203 Å². The number of rotatable bonds is 5. The maximum atomic E-state index is 9.58. The molecule has 0 saturated heterocycles. The first-order valence-electron chi connectivity index (χ1n) is 11.1. The van der Waals surface area contributed by atoms with Gasteiger partial charge in [-0.25, -0.2) is 4.68 Å². The zero-order valence-electron chi connectivity index (χ0n) is 19.3. The highest BCUT2D eigenvalue weighted by molar-refractivity contribution is 5.77. The average molecular weight is 456 g/mol. The van der Waals surface area contributed by atoms with Crippen LogP contribution in [0, 0.1) is 22.7 Å². The Hall–Kier alpha value is -4.94. The molecular weight excluding hydrogens is 434 g/mol. The van der Waals surface area contributed by atoms with E-state index in [4.69, 9.17) is 4.74 Å². The van der Waals surface area contributed by atoms with Gasteiger partial charge in [0.2, 0.25) is 0 Å². The summed E-state index contributed by atoms with van der Waals surface area (Å²) in [6.07, 6.45) is 0. The highest BCUT2D eigenvalue weighted by Crippen LogP contribution is 2.35. The lowest BCUT2D eigenvalue weighted by molar-refractivity contribution is 0.477. The van der Waals surface area contributed by atoms with E-state index < -0.39 is 0 Å². The van der Waals surface area contributed by atoms with Gasteiger partial charge in [0.05, 0.1) is 16.6 Å². The highest BCUT2D eigenvalue weighted by Gasteiger charge is 2.23. The van der Waals surface area contributed by atoms with Gasteiger partial charge in [0.15, 0.2) is 5.75 Å². The smallest absolute Gasteiger partial charge is 0.154 e. The van der Waals surface area contributed by atoms with E-state index in [2.05, 4.69) is 48.4 Å². The lowest BCUT2D eigenvalue weighted by Crippen LogP contribution is -2.18. The Kier molecular flexibility index (Phi) is 5.49. The van der Waals surface area contributed by atoms with Crippen LogP contribution in [-0.2, 0) is 5.41 Å². The van der Waals surface area contributed by atoms with E-state index in [1.165, 1.54) is 5.56 Å². The van der Waals surface area contributed by atoms with Crippen LogP contribution in [-0.4, -0.2) is 15.0 Å². The molecule has 0 radical (unpaired) electrons. The van der Waals surface area contributed by atoms with Crippen LogP contribution in [0.4, 0.5) is 0 Å². The molecule has 0 aliphatic carbocycles. The molecule has 1 heterocycles. The summed E-state index contributed by atoms with van der Waals surface area (Å²) in [7, 11) is 0. The van der Waals surface area contributed by atoms with Gasteiger partial charge in [0.1, 0.15) is 29.1 Å². The lowest BCUT2D eigenvalue weighted by atomic mass is 9.78. The van der Waals surface area contributed by atoms with Crippen molar-refractivity contribution in [3.05, 3.63) is 113 Å². The normalized spacial score (nSPS) is 11.1. The van der Waals surface area contributed by atoms with Crippen molar-refractivity contribution in [3.63, 3.8) is 0 Å². The number of nitriles is 2. The third kappa shape index (κ3) is 3.99. The van der Waals surface area contributed by atoms with Gasteiger partial charge in [-0.15, -0.1) is 5.10 Å². The van der Waals surface area contributed by atoms with Gasteiger partial charge in [0.25, 0.3) is 0 Å². The summed E-state index contributed by atoms with van der Waals surface area (Å²) in [5.41, 5.74) is 4.69. The molecule has 5 aromatic rings. The van der Waals surface area contributed by atoms with E-state index in [-0.39, 0.29) is 16.5 Å². The Morgan fingerprint density at radius 2 is 1.40 bits per heavy atom. The Morgan fingerprint density at radius 3 is 2.11 bits per heavy atom. The van der Waals surface area contributed by atoms with Crippen LogP contribution in [0.25, 0.3) is 16.7 Å². The predicted molar refractivity (Wildman–Crippen MR) is 133 cm³/mol. The molecule has 1 aromatic heterocycles. The molecule has 0 aliphatic rings. The second-order valence-electron chi connectivity index (χ2n) is 8.70. The van der Waals surface area contributed by atoms with Gasteiger partial charge in [0, 0.05) is 11.5 Å². The van der Waals surface area contributed by atoms with Crippen molar-refractivity contribution in [1.82, 2.24) is 15.0 Å². The molecule has 0 unspecified atom stereocenters. The van der Waals surface area contributed by atoms with Gasteiger partial charge in [-0.3, -0.25) is 0 Å². The summed E-state index contributed by atoms with van der Waals surface area (Å²) in [5.74, 6) is 1.02. The Morgan fingerprint density at radius 1 is 0.771 bits per heavy atom. The molecule has 168 valence electrons. The summed E-state index contributed by atoms with van der Waals surface area (Å²) in [6, 6.07) is 33.1. The zero-order chi connectivity index (χ0) is 24.4. The molecule has 0 bridgehead atoms. The molecule has 0 saturated carbocycles. The minimum absolute atomic E-state index is 0.174. The number of nitrogens with zero attached hydrogens (tertiary/aromatic N) is 5. The first kappa shape index (κ1) is 21.9. The van der Waals surface area contributed by atoms with Crippen LogP contribution in [0.15, 0.2) is 91.0 Å². The first-order chi connectivity index (χ1) is 17.0. The van der Waals surface area contributed by atoms with Crippen LogP contribution in [0.5, 0.6) is 11.5 Å². The Balaban J connectivity index is 1.55. The van der Waals surface area contributed by atoms with Gasteiger partial charge in [-0.1, -0.05) is 73.7 Å². The quantitative estimate of drug-likeness (QED) is 0.311. The number of hydrogen-bond acceptors (Lipinski definition) is 5. The van der Waals surface area contributed by atoms with Crippen LogP contribution in [0.3, 0.4) is 0 Å². The molecule has 5 rings (SSSR count). The summed E-state index contributed by atoms with van der Waals surface area (Å²) >= 11 is 0. The van der Waals surface area contributed by atoms with E-state index in [1.54, 1.807) is 16.8 Å². The van der Waals surface area contributed by atoms with Crippen molar-refractivity contribution in [2.24, 2.45) is 0 Å². The molecule has 6 nitrogen and oxygen atoms in total. The fourth-order valence-electron chi connectivity index (χ4n) is 4.14. The summed E-state index contributed by atoms with van der Waals surface area (Å²) < 4.78 is 7.87. The molecule has 35 heavy (non-hydrogen) atoms. The maximum Gasteiger partial charge on any atom is 0.154 e. The Bertz CT molecular complexity index is 1600. The molecule has 6 heteroatoms. The van der Waals surface area contributed by atoms with Gasteiger partial charge >= 0.3 is 0 Å². The number of hydrogen-bond donors (Lipinski definition) is 0. The van der Waals surface area contributed by atoms with Crippen molar-refractivity contribution in [2.45, 2.75) is 19.3 Å². The van der Waals surface area contributed by atoms with Gasteiger partial charge < -0.3 is 4.74 Å². The molecule has 0 atom stereocenters. The number of para-hydroxylation sites is 1. The van der Waals surface area contributed by atoms with E-state index in [0.29, 0.717) is 22.7 Å². The monoisotopic (exact) mass is 455 g/mol. The second kappa shape index (κ2) is 8.78. The fourth-order valence-corrected chi connectivity index (χ4v) is 4.14. The van der Waals surface area contributed by atoms with Gasteiger partial charge in [-0.2, -0.15) is 10.5 Å². The van der Waals surface area contributed by atoms with Crippen molar-refractivity contribution >= 4 is 11.0 Å². The molecule has 0 spiro atoms. The second-order valence-corrected chi connectivity index (χ2v) is 8.70. The standard InChI is InChI=1S/C29H21N5O/c1-29(2,22-8-4-3-5-9-22)23-12-14-24(15-13-23)35-28-17-21(19-31)20(18-30)16-27(28)34-26-11-7-6-10-25(26)32-33-34/h3-17H,1-2H3. The van der Waals surface area contributed by atoms with Crippen molar-refractivity contribution in [2.75, 3.05) is 0 Å². The van der Waals surface area contributed by atoms with E-state index in [1.807, 2.05) is 66.7 Å². The third-order valence-electron chi connectivity index (χ3n) is 6.22.